The van der Waals surface area contributed by atoms with Crippen LogP contribution in [0.1, 0.15) is 32.3 Å². The van der Waals surface area contributed by atoms with E-state index in [1.165, 1.54) is 5.56 Å². The Labute approximate surface area is 167 Å². The summed E-state index contributed by atoms with van der Waals surface area (Å²) in [5.41, 5.74) is 2.19. The van der Waals surface area contributed by atoms with E-state index in [1.807, 2.05) is 31.2 Å². The molecule has 152 valence electrons. The van der Waals surface area contributed by atoms with E-state index in [0.717, 1.165) is 29.8 Å². The molecule has 28 heavy (non-hydrogen) atoms. The van der Waals surface area contributed by atoms with Crippen molar-refractivity contribution >= 4 is 27.3 Å². The number of ether oxygens (including phenoxy) is 1. The van der Waals surface area contributed by atoms with E-state index in [9.17, 15) is 13.2 Å². The first kappa shape index (κ1) is 21.8. The lowest BCUT2D eigenvalue weighted by Crippen LogP contribution is -2.37. The molecule has 0 unspecified atom stereocenters. The summed E-state index contributed by atoms with van der Waals surface area (Å²) in [6.07, 6.45) is 4.32. The Kier molecular flexibility index (Phi) is 7.87. The lowest BCUT2D eigenvalue weighted by Gasteiger charge is -2.24. The van der Waals surface area contributed by atoms with Gasteiger partial charge in [-0.1, -0.05) is 37.6 Å². The molecule has 0 bridgehead atoms. The highest BCUT2D eigenvalue weighted by Gasteiger charge is 2.23. The first-order valence-corrected chi connectivity index (χ1v) is 11.3. The zero-order valence-corrected chi connectivity index (χ0v) is 17.5. The van der Waals surface area contributed by atoms with Crippen LogP contribution in [0.2, 0.25) is 0 Å². The summed E-state index contributed by atoms with van der Waals surface area (Å²) in [7, 11) is -3.67. The zero-order chi connectivity index (χ0) is 20.6. The van der Waals surface area contributed by atoms with Gasteiger partial charge in [0.15, 0.2) is 0 Å². The van der Waals surface area contributed by atoms with Crippen molar-refractivity contribution in [2.75, 3.05) is 29.0 Å². The highest BCUT2D eigenvalue weighted by Crippen LogP contribution is 2.29. The molecular weight excluding hydrogens is 376 g/mol. The fourth-order valence-corrected chi connectivity index (χ4v) is 3.65. The van der Waals surface area contributed by atoms with Crippen LogP contribution < -0.4 is 14.4 Å². The molecule has 2 rings (SSSR count). The van der Waals surface area contributed by atoms with E-state index in [2.05, 4.69) is 12.2 Å². The Hall–Kier alpha value is -2.54. The summed E-state index contributed by atoms with van der Waals surface area (Å²) < 4.78 is 31.2. The van der Waals surface area contributed by atoms with Gasteiger partial charge in [-0.05, 0) is 49.6 Å². The number of carbonyl (C=O) groups excluding carboxylic acids is 1. The van der Waals surface area contributed by atoms with Crippen molar-refractivity contribution < 1.29 is 17.9 Å². The number of hydrogen-bond acceptors (Lipinski definition) is 4. The lowest BCUT2D eigenvalue weighted by molar-refractivity contribution is -0.114. The standard InChI is InChI=1S/C21H28N2O4S/c1-4-6-9-17-12-14-18(15-13-17)22-21(24)16-23(28(3,25)26)19-10-7-8-11-20(19)27-5-2/h7-8,10-15H,4-6,9,16H2,1-3H3,(H,22,24). The number of unbranched alkanes of at least 4 members (excludes halogenated alkanes) is 1. The number of sulfonamides is 1. The van der Waals surface area contributed by atoms with Crippen molar-refractivity contribution in [3.8, 4) is 5.75 Å². The maximum absolute atomic E-state index is 12.5. The van der Waals surface area contributed by atoms with Crippen LogP contribution in [0.5, 0.6) is 5.75 Å². The van der Waals surface area contributed by atoms with E-state index in [1.54, 1.807) is 24.3 Å². The molecular formula is C21H28N2O4S. The maximum atomic E-state index is 12.5. The number of aryl methyl sites for hydroxylation is 1. The Balaban J connectivity index is 2.14. The molecule has 0 aliphatic rings. The third-order valence-corrected chi connectivity index (χ3v) is 5.30. The molecule has 0 fully saturated rings. The quantitative estimate of drug-likeness (QED) is 0.653. The highest BCUT2D eigenvalue weighted by molar-refractivity contribution is 7.92. The number of carbonyl (C=O) groups is 1. The van der Waals surface area contributed by atoms with Crippen molar-refractivity contribution in [1.29, 1.82) is 0 Å². The molecule has 1 amide bonds. The number of para-hydroxylation sites is 2. The van der Waals surface area contributed by atoms with Crippen LogP contribution >= 0.6 is 0 Å². The van der Waals surface area contributed by atoms with E-state index in [0.29, 0.717) is 23.7 Å². The van der Waals surface area contributed by atoms with Crippen molar-refractivity contribution in [3.05, 3.63) is 54.1 Å². The van der Waals surface area contributed by atoms with Crippen LogP contribution in [-0.2, 0) is 21.2 Å². The molecule has 2 aromatic rings. The van der Waals surface area contributed by atoms with Crippen LogP contribution in [0.15, 0.2) is 48.5 Å². The normalized spacial score (nSPS) is 11.1. The molecule has 0 saturated carbocycles. The third kappa shape index (κ3) is 6.27. The van der Waals surface area contributed by atoms with Gasteiger partial charge in [-0.25, -0.2) is 8.42 Å². The molecule has 0 saturated heterocycles. The van der Waals surface area contributed by atoms with Gasteiger partial charge in [0.1, 0.15) is 12.3 Å². The number of benzene rings is 2. The van der Waals surface area contributed by atoms with Gasteiger partial charge in [-0.3, -0.25) is 9.10 Å². The number of anilines is 2. The maximum Gasteiger partial charge on any atom is 0.245 e. The second-order valence-corrected chi connectivity index (χ2v) is 8.43. The van der Waals surface area contributed by atoms with Crippen molar-refractivity contribution in [2.24, 2.45) is 0 Å². The molecule has 0 aromatic heterocycles. The highest BCUT2D eigenvalue weighted by atomic mass is 32.2. The van der Waals surface area contributed by atoms with Gasteiger partial charge in [-0.15, -0.1) is 0 Å². The van der Waals surface area contributed by atoms with E-state index >= 15 is 0 Å². The molecule has 6 nitrogen and oxygen atoms in total. The minimum Gasteiger partial charge on any atom is -0.492 e. The number of amides is 1. The average molecular weight is 405 g/mol. The minimum atomic E-state index is -3.67. The van der Waals surface area contributed by atoms with Crippen LogP contribution in [0.4, 0.5) is 11.4 Å². The number of nitrogens with zero attached hydrogens (tertiary/aromatic N) is 1. The van der Waals surface area contributed by atoms with Gasteiger partial charge < -0.3 is 10.1 Å². The van der Waals surface area contributed by atoms with Crippen molar-refractivity contribution in [2.45, 2.75) is 33.1 Å². The Morgan fingerprint density at radius 3 is 2.36 bits per heavy atom. The summed E-state index contributed by atoms with van der Waals surface area (Å²) >= 11 is 0. The van der Waals surface area contributed by atoms with Crippen molar-refractivity contribution in [3.63, 3.8) is 0 Å². The number of rotatable bonds is 10. The third-order valence-electron chi connectivity index (χ3n) is 4.18. The Morgan fingerprint density at radius 1 is 1.07 bits per heavy atom. The summed E-state index contributed by atoms with van der Waals surface area (Å²) in [6.45, 7) is 4.02. The first-order chi connectivity index (χ1) is 13.3. The topological polar surface area (TPSA) is 75.7 Å². The number of nitrogens with one attached hydrogen (secondary N) is 1. The predicted molar refractivity (Wildman–Crippen MR) is 113 cm³/mol. The molecule has 0 radical (unpaired) electrons. The van der Waals surface area contributed by atoms with Gasteiger partial charge in [0.05, 0.1) is 18.6 Å². The minimum absolute atomic E-state index is 0.333. The molecule has 0 aliphatic heterocycles. The fourth-order valence-electron chi connectivity index (χ4n) is 2.79. The van der Waals surface area contributed by atoms with E-state index in [4.69, 9.17) is 4.74 Å². The predicted octanol–water partition coefficient (Wildman–Crippen LogP) is 3.83. The van der Waals surface area contributed by atoms with Gasteiger partial charge in [0.25, 0.3) is 0 Å². The van der Waals surface area contributed by atoms with Gasteiger partial charge >= 0.3 is 0 Å². The average Bonchev–Trinajstić information content (AvgIpc) is 2.66. The van der Waals surface area contributed by atoms with Crippen molar-refractivity contribution in [1.82, 2.24) is 0 Å². The monoisotopic (exact) mass is 404 g/mol. The Bertz CT molecular complexity index is 880. The Morgan fingerprint density at radius 2 is 1.75 bits per heavy atom. The number of hydrogen-bond donors (Lipinski definition) is 1. The summed E-state index contributed by atoms with van der Waals surface area (Å²) in [5.74, 6) is 0.00142. The van der Waals surface area contributed by atoms with Gasteiger partial charge in [-0.2, -0.15) is 0 Å². The zero-order valence-electron chi connectivity index (χ0n) is 16.6. The molecule has 0 atom stereocenters. The molecule has 7 heteroatoms. The summed E-state index contributed by atoms with van der Waals surface area (Å²) in [5, 5.41) is 2.76. The fraction of sp³-hybridized carbons (Fsp3) is 0.381. The lowest BCUT2D eigenvalue weighted by atomic mass is 10.1. The van der Waals surface area contributed by atoms with Crippen LogP contribution in [0.3, 0.4) is 0 Å². The molecule has 0 spiro atoms. The summed E-state index contributed by atoms with van der Waals surface area (Å²) in [6, 6.07) is 14.4. The first-order valence-electron chi connectivity index (χ1n) is 9.43. The second kappa shape index (κ2) is 10.1. The van der Waals surface area contributed by atoms with E-state index in [-0.39, 0.29) is 6.54 Å². The van der Waals surface area contributed by atoms with Gasteiger partial charge in [0, 0.05) is 5.69 Å². The van der Waals surface area contributed by atoms with Crippen LogP contribution in [0, 0.1) is 0 Å². The molecule has 0 aliphatic carbocycles. The smallest absolute Gasteiger partial charge is 0.245 e. The molecule has 2 aromatic carbocycles. The van der Waals surface area contributed by atoms with E-state index < -0.39 is 15.9 Å². The molecule has 1 N–H and O–H groups in total. The largest absolute Gasteiger partial charge is 0.492 e. The summed E-state index contributed by atoms with van der Waals surface area (Å²) in [4.78, 5) is 12.5. The second-order valence-electron chi connectivity index (χ2n) is 6.52. The molecule has 0 heterocycles. The SMILES string of the molecule is CCCCc1ccc(NC(=O)CN(c2ccccc2OCC)S(C)(=O)=O)cc1. The van der Waals surface area contributed by atoms with Gasteiger partial charge in [0.2, 0.25) is 15.9 Å². The van der Waals surface area contributed by atoms with Crippen LogP contribution in [-0.4, -0.2) is 33.7 Å². The van der Waals surface area contributed by atoms with Crippen LogP contribution in [0.25, 0.3) is 0 Å².